The summed E-state index contributed by atoms with van der Waals surface area (Å²) < 4.78 is 5.73. The molecule has 2 rings (SSSR count). The largest absolute Gasteiger partial charge is 0.457 e. The van der Waals surface area contributed by atoms with Crippen LogP contribution >= 0.6 is 23.2 Å². The second-order valence-electron chi connectivity index (χ2n) is 3.93. The molecule has 0 aliphatic rings. The molecule has 0 heterocycles. The van der Waals surface area contributed by atoms with Crippen molar-refractivity contribution in [3.63, 3.8) is 0 Å². The number of rotatable bonds is 2. The maximum atomic E-state index is 6.10. The van der Waals surface area contributed by atoms with Crippen molar-refractivity contribution in [2.75, 3.05) is 0 Å². The Kier molecular flexibility index (Phi) is 3.60. The van der Waals surface area contributed by atoms with Crippen LogP contribution in [0, 0.1) is 13.8 Å². The SMILES string of the molecule is Cc1cc(Oc2ccc(Cl)cc2)cc(C)c1Cl. The number of ether oxygens (including phenoxy) is 1. The second kappa shape index (κ2) is 4.99. The number of hydrogen-bond acceptors (Lipinski definition) is 1. The molecule has 0 N–H and O–H groups in total. The van der Waals surface area contributed by atoms with Crippen LogP contribution in [0.5, 0.6) is 11.5 Å². The molecule has 0 aromatic heterocycles. The summed E-state index contributed by atoms with van der Waals surface area (Å²) in [7, 11) is 0. The Morgan fingerprint density at radius 1 is 0.824 bits per heavy atom. The zero-order valence-electron chi connectivity index (χ0n) is 9.63. The predicted octanol–water partition coefficient (Wildman–Crippen LogP) is 5.40. The van der Waals surface area contributed by atoms with E-state index in [4.69, 9.17) is 27.9 Å². The lowest BCUT2D eigenvalue weighted by atomic mass is 10.1. The number of benzene rings is 2. The van der Waals surface area contributed by atoms with Crippen LogP contribution in [0.1, 0.15) is 11.1 Å². The van der Waals surface area contributed by atoms with Gasteiger partial charge in [-0.1, -0.05) is 23.2 Å². The first-order chi connectivity index (χ1) is 8.06. The highest BCUT2D eigenvalue weighted by molar-refractivity contribution is 6.32. The maximum Gasteiger partial charge on any atom is 0.128 e. The first kappa shape index (κ1) is 12.3. The molecule has 17 heavy (non-hydrogen) atoms. The minimum Gasteiger partial charge on any atom is -0.457 e. The molecule has 2 aromatic carbocycles. The highest BCUT2D eigenvalue weighted by Gasteiger charge is 2.04. The van der Waals surface area contributed by atoms with Crippen LogP contribution in [0.2, 0.25) is 10.0 Å². The van der Waals surface area contributed by atoms with Gasteiger partial charge in [-0.05, 0) is 61.4 Å². The molecule has 0 spiro atoms. The lowest BCUT2D eigenvalue weighted by molar-refractivity contribution is 0.482. The summed E-state index contributed by atoms with van der Waals surface area (Å²) in [5.41, 5.74) is 2.02. The lowest BCUT2D eigenvalue weighted by Crippen LogP contribution is -1.88. The molecule has 0 bridgehead atoms. The summed E-state index contributed by atoms with van der Waals surface area (Å²) in [4.78, 5) is 0. The van der Waals surface area contributed by atoms with Gasteiger partial charge in [-0.15, -0.1) is 0 Å². The van der Waals surface area contributed by atoms with Gasteiger partial charge in [0, 0.05) is 10.0 Å². The van der Waals surface area contributed by atoms with Gasteiger partial charge in [0.05, 0.1) is 0 Å². The van der Waals surface area contributed by atoms with E-state index >= 15 is 0 Å². The second-order valence-corrected chi connectivity index (χ2v) is 4.74. The lowest BCUT2D eigenvalue weighted by Gasteiger charge is -2.09. The predicted molar refractivity (Wildman–Crippen MR) is 72.5 cm³/mol. The number of hydrogen-bond donors (Lipinski definition) is 0. The third-order valence-corrected chi connectivity index (χ3v) is 3.31. The fraction of sp³-hybridized carbons (Fsp3) is 0.143. The monoisotopic (exact) mass is 266 g/mol. The molecule has 0 aliphatic carbocycles. The highest BCUT2D eigenvalue weighted by Crippen LogP contribution is 2.29. The maximum absolute atomic E-state index is 6.10. The summed E-state index contributed by atoms with van der Waals surface area (Å²) in [5.74, 6) is 1.54. The topological polar surface area (TPSA) is 9.23 Å². The fourth-order valence-electron chi connectivity index (χ4n) is 1.60. The Bertz CT molecular complexity index is 509. The van der Waals surface area contributed by atoms with Crippen molar-refractivity contribution in [2.24, 2.45) is 0 Å². The van der Waals surface area contributed by atoms with E-state index in [0.29, 0.717) is 5.02 Å². The Morgan fingerprint density at radius 3 is 1.88 bits per heavy atom. The molecule has 0 saturated heterocycles. The van der Waals surface area contributed by atoms with Crippen LogP contribution in [0.25, 0.3) is 0 Å². The summed E-state index contributed by atoms with van der Waals surface area (Å²) in [6.45, 7) is 3.92. The quantitative estimate of drug-likeness (QED) is 0.707. The van der Waals surface area contributed by atoms with Gasteiger partial charge in [-0.25, -0.2) is 0 Å². The third-order valence-electron chi connectivity index (χ3n) is 2.46. The summed E-state index contributed by atoms with van der Waals surface area (Å²) in [6, 6.07) is 11.1. The van der Waals surface area contributed by atoms with E-state index < -0.39 is 0 Å². The van der Waals surface area contributed by atoms with E-state index in [0.717, 1.165) is 27.6 Å². The van der Waals surface area contributed by atoms with Crippen LogP contribution in [0.4, 0.5) is 0 Å². The molecule has 1 nitrogen and oxygen atoms in total. The van der Waals surface area contributed by atoms with Crippen molar-refractivity contribution in [3.05, 3.63) is 57.6 Å². The Morgan fingerprint density at radius 2 is 1.35 bits per heavy atom. The standard InChI is InChI=1S/C14H12Cl2O/c1-9-7-13(8-10(2)14(9)16)17-12-5-3-11(15)4-6-12/h3-8H,1-2H3. The summed E-state index contributed by atoms with van der Waals surface area (Å²) in [6.07, 6.45) is 0. The average Bonchev–Trinajstić information content (AvgIpc) is 2.29. The summed E-state index contributed by atoms with van der Waals surface area (Å²) in [5, 5.41) is 1.48. The Balaban J connectivity index is 2.27. The van der Waals surface area contributed by atoms with Crippen LogP contribution in [0.3, 0.4) is 0 Å². The van der Waals surface area contributed by atoms with Gasteiger partial charge in [-0.3, -0.25) is 0 Å². The number of halogens is 2. The zero-order chi connectivity index (χ0) is 12.4. The van der Waals surface area contributed by atoms with E-state index in [1.165, 1.54) is 0 Å². The summed E-state index contributed by atoms with van der Waals surface area (Å²) >= 11 is 11.9. The molecule has 0 amide bonds. The van der Waals surface area contributed by atoms with Crippen molar-refractivity contribution < 1.29 is 4.74 Å². The van der Waals surface area contributed by atoms with Gasteiger partial charge in [0.2, 0.25) is 0 Å². The Hall–Kier alpha value is -1.18. The van der Waals surface area contributed by atoms with Crippen molar-refractivity contribution in [2.45, 2.75) is 13.8 Å². The minimum absolute atomic E-state index is 0.695. The van der Waals surface area contributed by atoms with Crippen molar-refractivity contribution in [1.82, 2.24) is 0 Å². The molecule has 88 valence electrons. The van der Waals surface area contributed by atoms with Gasteiger partial charge in [0.15, 0.2) is 0 Å². The number of aryl methyl sites for hydroxylation is 2. The van der Waals surface area contributed by atoms with Crippen LogP contribution in [0.15, 0.2) is 36.4 Å². The third kappa shape index (κ3) is 2.93. The molecule has 0 fully saturated rings. The van der Waals surface area contributed by atoms with Gasteiger partial charge in [0.1, 0.15) is 11.5 Å². The molecule has 0 atom stereocenters. The highest BCUT2D eigenvalue weighted by atomic mass is 35.5. The van der Waals surface area contributed by atoms with Gasteiger partial charge in [0.25, 0.3) is 0 Å². The molecule has 2 aromatic rings. The van der Waals surface area contributed by atoms with Crippen LogP contribution in [-0.2, 0) is 0 Å². The van der Waals surface area contributed by atoms with E-state index in [-0.39, 0.29) is 0 Å². The zero-order valence-corrected chi connectivity index (χ0v) is 11.1. The van der Waals surface area contributed by atoms with E-state index in [9.17, 15) is 0 Å². The molecule has 0 radical (unpaired) electrons. The van der Waals surface area contributed by atoms with Crippen molar-refractivity contribution in [3.8, 4) is 11.5 Å². The molecule has 0 unspecified atom stereocenters. The molecule has 3 heteroatoms. The van der Waals surface area contributed by atoms with E-state index in [1.807, 2.05) is 38.1 Å². The normalized spacial score (nSPS) is 10.4. The molecular weight excluding hydrogens is 255 g/mol. The van der Waals surface area contributed by atoms with E-state index in [2.05, 4.69) is 0 Å². The van der Waals surface area contributed by atoms with Crippen LogP contribution in [-0.4, -0.2) is 0 Å². The van der Waals surface area contributed by atoms with Gasteiger partial charge in [-0.2, -0.15) is 0 Å². The van der Waals surface area contributed by atoms with Crippen molar-refractivity contribution >= 4 is 23.2 Å². The first-order valence-corrected chi connectivity index (χ1v) is 6.02. The van der Waals surface area contributed by atoms with Crippen LogP contribution < -0.4 is 4.74 Å². The van der Waals surface area contributed by atoms with Crippen molar-refractivity contribution in [1.29, 1.82) is 0 Å². The van der Waals surface area contributed by atoms with Gasteiger partial charge >= 0.3 is 0 Å². The van der Waals surface area contributed by atoms with Gasteiger partial charge < -0.3 is 4.74 Å². The smallest absolute Gasteiger partial charge is 0.128 e. The minimum atomic E-state index is 0.695. The molecule has 0 saturated carbocycles. The average molecular weight is 267 g/mol. The van der Waals surface area contributed by atoms with E-state index in [1.54, 1.807) is 12.1 Å². The Labute approximate surface area is 111 Å². The first-order valence-electron chi connectivity index (χ1n) is 5.26. The fourth-order valence-corrected chi connectivity index (χ4v) is 1.84. The molecular formula is C14H12Cl2O. The molecule has 0 aliphatic heterocycles.